The van der Waals surface area contributed by atoms with E-state index in [-0.39, 0.29) is 6.42 Å². The Balaban J connectivity index is 3.48. The zero-order valence-electron chi connectivity index (χ0n) is 11.4. The van der Waals surface area contributed by atoms with Crippen LogP contribution in [0.25, 0.3) is 0 Å². The topological polar surface area (TPSA) is 46.5 Å². The average molecular weight is 271 g/mol. The molecule has 0 saturated heterocycles. The van der Waals surface area contributed by atoms with Gasteiger partial charge in [0.1, 0.15) is 5.75 Å². The molecule has 4 heteroatoms. The molecule has 1 N–H and O–H groups in total. The Morgan fingerprint density at radius 3 is 2.44 bits per heavy atom. The fraction of sp³-hybridized carbons (Fsp3) is 0.500. The summed E-state index contributed by atoms with van der Waals surface area (Å²) in [5.41, 5.74) is 2.21. The number of carbonyl (C=O) groups is 1. The third-order valence-electron chi connectivity index (χ3n) is 3.14. The van der Waals surface area contributed by atoms with Crippen LogP contribution in [0.4, 0.5) is 0 Å². The molecule has 0 saturated carbocycles. The van der Waals surface area contributed by atoms with Crippen molar-refractivity contribution in [3.8, 4) is 5.75 Å². The lowest BCUT2D eigenvalue weighted by Gasteiger charge is -2.28. The maximum absolute atomic E-state index is 11.0. The van der Waals surface area contributed by atoms with Crippen LogP contribution in [0, 0.1) is 13.8 Å². The highest BCUT2D eigenvalue weighted by atomic mass is 35.5. The Morgan fingerprint density at radius 1 is 1.44 bits per heavy atom. The molecule has 0 aromatic heterocycles. The maximum atomic E-state index is 11.0. The SMILES string of the molecule is COc1c(C)c(Cl)cc(C)c1C(C)(C)CC(=O)O. The van der Waals surface area contributed by atoms with Gasteiger partial charge in [0, 0.05) is 21.6 Å². The summed E-state index contributed by atoms with van der Waals surface area (Å²) >= 11 is 6.13. The highest BCUT2D eigenvalue weighted by Crippen LogP contribution is 2.41. The van der Waals surface area contributed by atoms with Gasteiger partial charge in [-0.3, -0.25) is 4.79 Å². The Morgan fingerprint density at radius 2 is 2.00 bits per heavy atom. The van der Waals surface area contributed by atoms with Crippen molar-refractivity contribution in [3.05, 3.63) is 27.8 Å². The van der Waals surface area contributed by atoms with Crippen LogP contribution in [0.2, 0.25) is 5.02 Å². The Labute approximate surface area is 113 Å². The van der Waals surface area contributed by atoms with Gasteiger partial charge < -0.3 is 9.84 Å². The second-order valence-electron chi connectivity index (χ2n) is 5.16. The number of aryl methyl sites for hydroxylation is 1. The molecule has 100 valence electrons. The molecule has 18 heavy (non-hydrogen) atoms. The van der Waals surface area contributed by atoms with Crippen molar-refractivity contribution >= 4 is 17.6 Å². The number of hydrogen-bond acceptors (Lipinski definition) is 2. The number of carboxylic acid groups (broad SMARTS) is 1. The van der Waals surface area contributed by atoms with Gasteiger partial charge in [-0.15, -0.1) is 0 Å². The van der Waals surface area contributed by atoms with Crippen molar-refractivity contribution in [2.75, 3.05) is 7.11 Å². The Kier molecular flexibility index (Phi) is 4.28. The fourth-order valence-electron chi connectivity index (χ4n) is 2.41. The third-order valence-corrected chi connectivity index (χ3v) is 3.53. The van der Waals surface area contributed by atoms with Gasteiger partial charge in [0.25, 0.3) is 0 Å². The van der Waals surface area contributed by atoms with Crippen LogP contribution in [-0.2, 0) is 10.2 Å². The zero-order valence-corrected chi connectivity index (χ0v) is 12.2. The first-order valence-electron chi connectivity index (χ1n) is 5.76. The van der Waals surface area contributed by atoms with E-state index in [0.29, 0.717) is 10.8 Å². The van der Waals surface area contributed by atoms with Crippen LogP contribution < -0.4 is 4.74 Å². The van der Waals surface area contributed by atoms with Gasteiger partial charge in [-0.05, 0) is 25.5 Å². The number of ether oxygens (including phenoxy) is 1. The lowest BCUT2D eigenvalue weighted by atomic mass is 9.78. The van der Waals surface area contributed by atoms with Crippen molar-refractivity contribution in [1.82, 2.24) is 0 Å². The van der Waals surface area contributed by atoms with Crippen molar-refractivity contribution in [2.24, 2.45) is 0 Å². The molecule has 1 rings (SSSR count). The van der Waals surface area contributed by atoms with Crippen LogP contribution in [0.5, 0.6) is 5.75 Å². The average Bonchev–Trinajstić information content (AvgIpc) is 2.20. The van der Waals surface area contributed by atoms with E-state index in [1.165, 1.54) is 0 Å². The van der Waals surface area contributed by atoms with Crippen LogP contribution in [0.3, 0.4) is 0 Å². The molecule has 0 atom stereocenters. The predicted molar refractivity (Wildman–Crippen MR) is 72.8 cm³/mol. The van der Waals surface area contributed by atoms with Crippen LogP contribution in [-0.4, -0.2) is 18.2 Å². The van der Waals surface area contributed by atoms with Gasteiger partial charge in [0.05, 0.1) is 13.5 Å². The predicted octanol–water partition coefficient (Wildman–Crippen LogP) is 3.72. The molecular weight excluding hydrogens is 252 g/mol. The smallest absolute Gasteiger partial charge is 0.304 e. The van der Waals surface area contributed by atoms with Crippen LogP contribution in [0.15, 0.2) is 6.07 Å². The first kappa shape index (κ1) is 14.8. The number of methoxy groups -OCH3 is 1. The third kappa shape index (κ3) is 2.78. The summed E-state index contributed by atoms with van der Waals surface area (Å²) in [4.78, 5) is 11.0. The van der Waals surface area contributed by atoms with Gasteiger partial charge in [-0.1, -0.05) is 25.4 Å². The van der Waals surface area contributed by atoms with Gasteiger partial charge in [-0.25, -0.2) is 0 Å². The van der Waals surface area contributed by atoms with E-state index in [4.69, 9.17) is 21.4 Å². The molecule has 0 radical (unpaired) electrons. The second kappa shape index (κ2) is 5.19. The van der Waals surface area contributed by atoms with Gasteiger partial charge >= 0.3 is 5.97 Å². The zero-order chi connectivity index (χ0) is 14.1. The Hall–Kier alpha value is -1.22. The monoisotopic (exact) mass is 270 g/mol. The molecule has 0 amide bonds. The molecular formula is C14H19ClO3. The molecule has 0 fully saturated rings. The van der Waals surface area contributed by atoms with Crippen molar-refractivity contribution in [2.45, 2.75) is 39.5 Å². The van der Waals surface area contributed by atoms with Gasteiger partial charge in [0.2, 0.25) is 0 Å². The van der Waals surface area contributed by atoms with Crippen molar-refractivity contribution in [3.63, 3.8) is 0 Å². The molecule has 0 heterocycles. The van der Waals surface area contributed by atoms with Crippen LogP contribution >= 0.6 is 11.6 Å². The summed E-state index contributed by atoms with van der Waals surface area (Å²) in [6, 6.07) is 1.86. The fourth-order valence-corrected chi connectivity index (χ4v) is 2.66. The minimum atomic E-state index is -0.825. The number of halogens is 1. The van der Waals surface area contributed by atoms with E-state index in [1.807, 2.05) is 33.8 Å². The second-order valence-corrected chi connectivity index (χ2v) is 5.57. The molecule has 1 aromatic rings. The minimum absolute atomic E-state index is 0.0469. The van der Waals surface area contributed by atoms with E-state index in [9.17, 15) is 4.79 Å². The molecule has 3 nitrogen and oxygen atoms in total. The lowest BCUT2D eigenvalue weighted by molar-refractivity contribution is -0.138. The van der Waals surface area contributed by atoms with Crippen LogP contribution in [0.1, 0.15) is 37.0 Å². The molecule has 0 aliphatic rings. The van der Waals surface area contributed by atoms with Gasteiger partial charge in [0.15, 0.2) is 0 Å². The standard InChI is InChI=1S/C14H19ClO3/c1-8-6-10(15)9(2)13(18-5)12(8)14(3,4)7-11(16)17/h6H,7H2,1-5H3,(H,16,17). The quantitative estimate of drug-likeness (QED) is 0.907. The molecule has 1 aromatic carbocycles. The number of hydrogen-bond donors (Lipinski definition) is 1. The number of aliphatic carboxylic acids is 1. The largest absolute Gasteiger partial charge is 0.496 e. The summed E-state index contributed by atoms with van der Waals surface area (Å²) in [6.07, 6.45) is 0.0469. The lowest BCUT2D eigenvalue weighted by Crippen LogP contribution is -2.24. The minimum Gasteiger partial charge on any atom is -0.496 e. The van der Waals surface area contributed by atoms with Crippen molar-refractivity contribution < 1.29 is 14.6 Å². The molecule has 0 bridgehead atoms. The molecule has 0 spiro atoms. The first-order chi connectivity index (χ1) is 8.20. The molecule has 0 aliphatic heterocycles. The van der Waals surface area contributed by atoms with Crippen molar-refractivity contribution in [1.29, 1.82) is 0 Å². The maximum Gasteiger partial charge on any atom is 0.304 e. The van der Waals surface area contributed by atoms with E-state index in [2.05, 4.69) is 0 Å². The highest BCUT2D eigenvalue weighted by Gasteiger charge is 2.30. The van der Waals surface area contributed by atoms with E-state index in [0.717, 1.165) is 16.7 Å². The summed E-state index contributed by atoms with van der Waals surface area (Å²) in [6.45, 7) is 7.60. The van der Waals surface area contributed by atoms with Gasteiger partial charge in [-0.2, -0.15) is 0 Å². The number of carboxylic acids is 1. The molecule has 0 unspecified atom stereocenters. The summed E-state index contributed by atoms with van der Waals surface area (Å²) in [7, 11) is 1.58. The summed E-state index contributed by atoms with van der Waals surface area (Å²) in [5.74, 6) is -0.139. The first-order valence-corrected chi connectivity index (χ1v) is 6.14. The summed E-state index contributed by atoms with van der Waals surface area (Å²) in [5, 5.41) is 9.66. The summed E-state index contributed by atoms with van der Waals surface area (Å²) < 4.78 is 5.43. The van der Waals surface area contributed by atoms with E-state index >= 15 is 0 Å². The molecule has 0 aliphatic carbocycles. The Bertz CT molecular complexity index is 478. The normalized spacial score (nSPS) is 11.4. The van der Waals surface area contributed by atoms with E-state index < -0.39 is 11.4 Å². The number of benzene rings is 1. The highest BCUT2D eigenvalue weighted by molar-refractivity contribution is 6.31. The van der Waals surface area contributed by atoms with E-state index in [1.54, 1.807) is 7.11 Å². The number of rotatable bonds is 4.